The molecule has 0 aromatic carbocycles. The van der Waals surface area contributed by atoms with Crippen LogP contribution in [0.15, 0.2) is 30.9 Å². The Morgan fingerprint density at radius 1 is 1.56 bits per heavy atom. The van der Waals surface area contributed by atoms with Crippen molar-refractivity contribution in [2.24, 2.45) is 0 Å². The minimum absolute atomic E-state index is 0.00671. The van der Waals surface area contributed by atoms with E-state index in [0.29, 0.717) is 19.4 Å². The fraction of sp³-hybridized carbons (Fsp3) is 0.417. The summed E-state index contributed by atoms with van der Waals surface area (Å²) in [4.78, 5) is 19.1. The maximum absolute atomic E-state index is 12.0. The molecule has 0 saturated heterocycles. The van der Waals surface area contributed by atoms with Crippen molar-refractivity contribution in [1.82, 2.24) is 25.1 Å². The lowest BCUT2D eigenvalue weighted by Gasteiger charge is -2.15. The number of carbonyl (C=O) groups is 1. The van der Waals surface area contributed by atoms with Crippen LogP contribution >= 0.6 is 0 Å². The molecule has 0 bridgehead atoms. The van der Waals surface area contributed by atoms with Gasteiger partial charge in [-0.2, -0.15) is 5.10 Å². The van der Waals surface area contributed by atoms with Gasteiger partial charge in [-0.05, 0) is 12.5 Å². The monoisotopic (exact) mass is 247 g/mol. The molecule has 2 aromatic rings. The Labute approximate surface area is 105 Å². The van der Waals surface area contributed by atoms with Crippen LogP contribution in [0.25, 0.3) is 0 Å². The Bertz CT molecular complexity index is 463. The van der Waals surface area contributed by atoms with E-state index in [1.807, 2.05) is 13.0 Å². The normalized spacial score (nSPS) is 12.3. The van der Waals surface area contributed by atoms with E-state index in [4.69, 9.17) is 0 Å². The van der Waals surface area contributed by atoms with Gasteiger partial charge in [0.25, 0.3) is 0 Å². The van der Waals surface area contributed by atoms with Crippen molar-refractivity contribution < 1.29 is 4.79 Å². The molecule has 0 aliphatic carbocycles. The summed E-state index contributed by atoms with van der Waals surface area (Å²) in [5.74, 6) is 0.871. The zero-order valence-corrected chi connectivity index (χ0v) is 10.3. The summed E-state index contributed by atoms with van der Waals surface area (Å²) < 4.78 is 1.68. The highest BCUT2D eigenvalue weighted by atomic mass is 16.2. The van der Waals surface area contributed by atoms with Crippen LogP contribution in [0.5, 0.6) is 0 Å². The number of hydrogen-bond donors (Lipinski definition) is 2. The van der Waals surface area contributed by atoms with Gasteiger partial charge in [-0.15, -0.1) is 0 Å². The molecule has 0 unspecified atom stereocenters. The van der Waals surface area contributed by atoms with Crippen molar-refractivity contribution in [3.05, 3.63) is 36.7 Å². The molecule has 6 heteroatoms. The molecule has 0 aliphatic heterocycles. The first-order valence-electron chi connectivity index (χ1n) is 6.06. The van der Waals surface area contributed by atoms with Crippen LogP contribution in [0.2, 0.25) is 0 Å². The number of aromatic nitrogens is 4. The fourth-order valence-corrected chi connectivity index (χ4v) is 1.81. The molecular weight excluding hydrogens is 230 g/mol. The van der Waals surface area contributed by atoms with E-state index in [1.54, 1.807) is 29.5 Å². The maximum Gasteiger partial charge on any atom is 0.244 e. The SMILES string of the molecule is CC[C@H](C(=O)NCCc1ncc[nH]1)n1cccn1. The summed E-state index contributed by atoms with van der Waals surface area (Å²) >= 11 is 0. The number of imidazole rings is 1. The van der Waals surface area contributed by atoms with Gasteiger partial charge >= 0.3 is 0 Å². The van der Waals surface area contributed by atoms with E-state index in [1.165, 1.54) is 0 Å². The van der Waals surface area contributed by atoms with Crippen molar-refractivity contribution in [2.75, 3.05) is 6.54 Å². The van der Waals surface area contributed by atoms with Crippen LogP contribution in [-0.4, -0.2) is 32.2 Å². The Morgan fingerprint density at radius 3 is 3.06 bits per heavy atom. The lowest BCUT2D eigenvalue weighted by Crippen LogP contribution is -2.34. The summed E-state index contributed by atoms with van der Waals surface area (Å²) in [5, 5.41) is 7.00. The third-order valence-electron chi connectivity index (χ3n) is 2.75. The van der Waals surface area contributed by atoms with Gasteiger partial charge in [-0.25, -0.2) is 4.98 Å². The molecule has 0 aliphatic rings. The lowest BCUT2D eigenvalue weighted by molar-refractivity contribution is -0.124. The molecule has 0 fully saturated rings. The first kappa shape index (κ1) is 12.3. The van der Waals surface area contributed by atoms with Crippen molar-refractivity contribution in [3.63, 3.8) is 0 Å². The summed E-state index contributed by atoms with van der Waals surface area (Å²) in [6.45, 7) is 2.54. The average Bonchev–Trinajstić information content (AvgIpc) is 3.02. The fourth-order valence-electron chi connectivity index (χ4n) is 1.81. The topological polar surface area (TPSA) is 75.6 Å². The second kappa shape index (κ2) is 6.00. The Kier molecular flexibility index (Phi) is 4.11. The van der Waals surface area contributed by atoms with Crippen LogP contribution < -0.4 is 5.32 Å². The molecule has 2 heterocycles. The molecule has 6 nitrogen and oxygen atoms in total. The summed E-state index contributed by atoms with van der Waals surface area (Å²) in [6, 6.07) is 1.58. The van der Waals surface area contributed by atoms with Crippen molar-refractivity contribution >= 4 is 5.91 Å². The molecule has 0 radical (unpaired) electrons. The molecule has 0 saturated carbocycles. The van der Waals surface area contributed by atoms with Crippen LogP contribution in [0.3, 0.4) is 0 Å². The Morgan fingerprint density at radius 2 is 2.44 bits per heavy atom. The largest absolute Gasteiger partial charge is 0.354 e. The smallest absolute Gasteiger partial charge is 0.244 e. The minimum Gasteiger partial charge on any atom is -0.354 e. The van der Waals surface area contributed by atoms with Crippen LogP contribution in [0.1, 0.15) is 25.2 Å². The molecule has 1 amide bonds. The number of nitrogens with zero attached hydrogens (tertiary/aromatic N) is 3. The van der Waals surface area contributed by atoms with E-state index < -0.39 is 0 Å². The number of H-pyrrole nitrogens is 1. The number of hydrogen-bond acceptors (Lipinski definition) is 3. The molecule has 1 atom stereocenters. The third kappa shape index (κ3) is 2.97. The second-order valence-electron chi connectivity index (χ2n) is 3.99. The van der Waals surface area contributed by atoms with Crippen LogP contribution in [0.4, 0.5) is 0 Å². The van der Waals surface area contributed by atoms with Gasteiger partial charge in [0.05, 0.1) is 0 Å². The van der Waals surface area contributed by atoms with E-state index in [2.05, 4.69) is 20.4 Å². The predicted molar refractivity (Wildman–Crippen MR) is 66.9 cm³/mol. The van der Waals surface area contributed by atoms with Crippen LogP contribution in [0, 0.1) is 0 Å². The molecule has 2 N–H and O–H groups in total. The van der Waals surface area contributed by atoms with Gasteiger partial charge in [0.1, 0.15) is 11.9 Å². The molecule has 0 spiro atoms. The minimum atomic E-state index is -0.239. The van der Waals surface area contributed by atoms with E-state index in [-0.39, 0.29) is 11.9 Å². The molecule has 2 rings (SSSR count). The van der Waals surface area contributed by atoms with E-state index in [9.17, 15) is 4.79 Å². The zero-order chi connectivity index (χ0) is 12.8. The molecule has 2 aromatic heterocycles. The summed E-state index contributed by atoms with van der Waals surface area (Å²) in [6.07, 6.45) is 8.38. The second-order valence-corrected chi connectivity index (χ2v) is 3.99. The average molecular weight is 247 g/mol. The van der Waals surface area contributed by atoms with E-state index in [0.717, 1.165) is 5.82 Å². The van der Waals surface area contributed by atoms with Gasteiger partial charge in [-0.3, -0.25) is 9.48 Å². The van der Waals surface area contributed by atoms with Crippen molar-refractivity contribution in [1.29, 1.82) is 0 Å². The highest BCUT2D eigenvalue weighted by Crippen LogP contribution is 2.09. The highest BCUT2D eigenvalue weighted by molar-refractivity contribution is 5.80. The predicted octanol–water partition coefficient (Wildman–Crippen LogP) is 0.916. The summed E-state index contributed by atoms with van der Waals surface area (Å²) in [7, 11) is 0. The molecule has 18 heavy (non-hydrogen) atoms. The van der Waals surface area contributed by atoms with Gasteiger partial charge in [-0.1, -0.05) is 6.92 Å². The van der Waals surface area contributed by atoms with Gasteiger partial charge in [0, 0.05) is 37.8 Å². The molecule has 96 valence electrons. The summed E-state index contributed by atoms with van der Waals surface area (Å²) in [5.41, 5.74) is 0. The molecular formula is C12H17N5O. The standard InChI is InChI=1S/C12H17N5O/c1-2-10(17-9-3-5-16-17)12(18)15-6-4-11-13-7-8-14-11/h3,5,7-10H,2,4,6H2,1H3,(H,13,14)(H,15,18)/t10-/m1/s1. The number of carbonyl (C=O) groups excluding carboxylic acids is 1. The van der Waals surface area contributed by atoms with E-state index >= 15 is 0 Å². The number of amides is 1. The third-order valence-corrected chi connectivity index (χ3v) is 2.75. The Hall–Kier alpha value is -2.11. The van der Waals surface area contributed by atoms with Gasteiger partial charge in [0.15, 0.2) is 0 Å². The number of aromatic amines is 1. The van der Waals surface area contributed by atoms with Crippen molar-refractivity contribution in [2.45, 2.75) is 25.8 Å². The number of rotatable bonds is 6. The van der Waals surface area contributed by atoms with Crippen LogP contribution in [-0.2, 0) is 11.2 Å². The zero-order valence-electron chi connectivity index (χ0n) is 10.3. The van der Waals surface area contributed by atoms with Gasteiger partial charge < -0.3 is 10.3 Å². The first-order valence-corrected chi connectivity index (χ1v) is 6.06. The van der Waals surface area contributed by atoms with Crippen molar-refractivity contribution in [3.8, 4) is 0 Å². The quantitative estimate of drug-likeness (QED) is 0.797. The Balaban J connectivity index is 1.83. The number of nitrogens with one attached hydrogen (secondary N) is 2. The maximum atomic E-state index is 12.0. The van der Waals surface area contributed by atoms with Gasteiger partial charge in [0.2, 0.25) is 5.91 Å². The highest BCUT2D eigenvalue weighted by Gasteiger charge is 2.17. The first-order chi connectivity index (χ1) is 8.81. The lowest BCUT2D eigenvalue weighted by atomic mass is 10.2.